The van der Waals surface area contributed by atoms with E-state index in [-0.39, 0.29) is 16.6 Å². The second-order valence-electron chi connectivity index (χ2n) is 10.1. The lowest BCUT2D eigenvalue weighted by molar-refractivity contribution is -0.115. The van der Waals surface area contributed by atoms with Crippen molar-refractivity contribution in [2.24, 2.45) is 21.9 Å². The molecule has 0 heterocycles. The van der Waals surface area contributed by atoms with E-state index in [0.717, 1.165) is 44.0 Å². The number of ketones is 1. The molecule has 4 heteroatoms. The van der Waals surface area contributed by atoms with E-state index >= 15 is 0 Å². The molecule has 0 saturated carbocycles. The Labute approximate surface area is 181 Å². The molecule has 0 fully saturated rings. The van der Waals surface area contributed by atoms with Gasteiger partial charge in [-0.05, 0) is 66.2 Å². The summed E-state index contributed by atoms with van der Waals surface area (Å²) in [6.45, 7) is 11.0. The zero-order valence-corrected chi connectivity index (χ0v) is 19.3. The number of hydrogen-bond donors (Lipinski definition) is 0. The summed E-state index contributed by atoms with van der Waals surface area (Å²) >= 11 is 0. The average molecular weight is 412 g/mol. The van der Waals surface area contributed by atoms with E-state index in [0.29, 0.717) is 25.2 Å². The van der Waals surface area contributed by atoms with Crippen LogP contribution in [0.15, 0.2) is 39.6 Å². The van der Waals surface area contributed by atoms with E-state index in [1.807, 2.05) is 6.92 Å². The number of allylic oxidation sites excluding steroid dienone is 4. The first kappa shape index (κ1) is 22.8. The van der Waals surface area contributed by atoms with Gasteiger partial charge in [0.15, 0.2) is 5.78 Å². The van der Waals surface area contributed by atoms with Crippen LogP contribution in [-0.2, 0) is 9.59 Å². The molecule has 0 bridgehead atoms. The fourth-order valence-electron chi connectivity index (χ4n) is 6.42. The van der Waals surface area contributed by atoms with Gasteiger partial charge in [-0.1, -0.05) is 57.9 Å². The molecule has 0 aromatic rings. The molecule has 0 N–H and O–H groups in total. The highest BCUT2D eigenvalue weighted by molar-refractivity contribution is 5.92. The lowest BCUT2D eigenvalue weighted by atomic mass is 9.50. The largest absolute Gasteiger partial charge is 0.303 e. The first-order valence-corrected chi connectivity index (χ1v) is 11.7. The van der Waals surface area contributed by atoms with Crippen LogP contribution >= 0.6 is 0 Å². The molecule has 0 radical (unpaired) electrons. The van der Waals surface area contributed by atoms with Gasteiger partial charge < -0.3 is 4.79 Å². The summed E-state index contributed by atoms with van der Waals surface area (Å²) in [5.41, 5.74) is 4.78. The molecule has 4 nitrogen and oxygen atoms in total. The van der Waals surface area contributed by atoms with Crippen molar-refractivity contribution in [3.63, 3.8) is 0 Å². The zero-order valence-electron chi connectivity index (χ0n) is 19.3. The lowest BCUT2D eigenvalue weighted by Crippen LogP contribution is -2.48. The summed E-state index contributed by atoms with van der Waals surface area (Å²) in [4.78, 5) is 33.7. The summed E-state index contributed by atoms with van der Waals surface area (Å²) in [7, 11) is 0. The third kappa shape index (κ3) is 3.36. The van der Waals surface area contributed by atoms with Crippen LogP contribution < -0.4 is 0 Å². The number of nitrogens with zero attached hydrogens (tertiary/aromatic N) is 1. The van der Waals surface area contributed by atoms with Gasteiger partial charge in [-0.25, -0.2) is 0 Å². The summed E-state index contributed by atoms with van der Waals surface area (Å²) < 4.78 is 0. The van der Waals surface area contributed by atoms with Crippen LogP contribution in [0.5, 0.6) is 0 Å². The molecule has 0 spiro atoms. The van der Waals surface area contributed by atoms with Crippen molar-refractivity contribution < 1.29 is 9.59 Å². The van der Waals surface area contributed by atoms with Crippen molar-refractivity contribution >= 4 is 12.1 Å². The Morgan fingerprint density at radius 3 is 2.50 bits per heavy atom. The van der Waals surface area contributed by atoms with Gasteiger partial charge in [-0.3, -0.25) is 4.79 Å². The van der Waals surface area contributed by atoms with Crippen molar-refractivity contribution in [3.8, 4) is 0 Å². The molecule has 4 rings (SSSR count). The Morgan fingerprint density at radius 2 is 1.90 bits per heavy atom. The van der Waals surface area contributed by atoms with E-state index in [1.165, 1.54) is 23.1 Å². The number of rotatable bonds is 4. The van der Waals surface area contributed by atoms with Crippen LogP contribution in [0, 0.1) is 21.7 Å². The van der Waals surface area contributed by atoms with Crippen LogP contribution in [0.3, 0.4) is 0 Å². The molecule has 4 aliphatic carbocycles. The van der Waals surface area contributed by atoms with Crippen LogP contribution in [-0.4, -0.2) is 17.6 Å². The predicted octanol–water partition coefficient (Wildman–Crippen LogP) is 6.65. The number of nitroso groups, excluding NO2 is 1. The van der Waals surface area contributed by atoms with Crippen molar-refractivity contribution in [3.05, 3.63) is 39.4 Å². The highest BCUT2D eigenvalue weighted by atomic mass is 16.3. The highest BCUT2D eigenvalue weighted by Crippen LogP contribution is 2.65. The molecule has 30 heavy (non-hydrogen) atoms. The van der Waals surface area contributed by atoms with Gasteiger partial charge in [-0.15, -0.1) is 4.91 Å². The van der Waals surface area contributed by atoms with Crippen molar-refractivity contribution in [1.82, 2.24) is 0 Å². The first-order chi connectivity index (χ1) is 14.2. The minimum Gasteiger partial charge on any atom is -0.303 e. The maximum Gasteiger partial charge on any atom is 0.155 e. The normalized spacial score (nSPS) is 37.1. The zero-order chi connectivity index (χ0) is 22.2. The van der Waals surface area contributed by atoms with Gasteiger partial charge in [-0.2, -0.15) is 0 Å². The molecular formula is C26H37NO3. The van der Waals surface area contributed by atoms with Gasteiger partial charge in [0.1, 0.15) is 11.8 Å². The van der Waals surface area contributed by atoms with Crippen molar-refractivity contribution in [2.45, 2.75) is 97.9 Å². The molecule has 0 aliphatic heterocycles. The molecule has 4 aliphatic rings. The summed E-state index contributed by atoms with van der Waals surface area (Å²) in [6, 6.07) is 0. The highest BCUT2D eigenvalue weighted by Gasteiger charge is 2.56. The smallest absolute Gasteiger partial charge is 0.155 e. The Bertz CT molecular complexity index is 835. The predicted molar refractivity (Wildman–Crippen MR) is 121 cm³/mol. The van der Waals surface area contributed by atoms with Gasteiger partial charge in [0.2, 0.25) is 0 Å². The van der Waals surface area contributed by atoms with E-state index in [9.17, 15) is 14.5 Å². The van der Waals surface area contributed by atoms with E-state index in [4.69, 9.17) is 0 Å². The molecule has 3 unspecified atom stereocenters. The molecular weight excluding hydrogens is 374 g/mol. The molecule has 164 valence electrons. The summed E-state index contributed by atoms with van der Waals surface area (Å²) in [6.07, 6.45) is 12.9. The Kier molecular flexibility index (Phi) is 6.36. The number of fused-ring (bicyclic) bond motifs is 4. The second kappa shape index (κ2) is 8.36. The third-order valence-corrected chi connectivity index (χ3v) is 8.38. The topological polar surface area (TPSA) is 63.6 Å². The van der Waals surface area contributed by atoms with Gasteiger partial charge in [0.05, 0.1) is 0 Å². The van der Waals surface area contributed by atoms with Gasteiger partial charge in [0.25, 0.3) is 0 Å². The van der Waals surface area contributed by atoms with E-state index in [1.54, 1.807) is 6.08 Å². The lowest BCUT2D eigenvalue weighted by Gasteiger charge is -2.54. The van der Waals surface area contributed by atoms with Crippen LogP contribution in [0.1, 0.15) is 92.4 Å². The van der Waals surface area contributed by atoms with Crippen molar-refractivity contribution in [1.29, 1.82) is 0 Å². The quantitative estimate of drug-likeness (QED) is 0.384. The summed E-state index contributed by atoms with van der Waals surface area (Å²) in [5, 5.41) is 3.75. The molecule has 0 aromatic carbocycles. The standard InChI is InChI=1S/C23H31NO2.C3H6O/c1-5-10-23(24-26)14-17-18-7-6-15(2)21(18,3)12-9-19(17)22(4)11-8-16(25)13-20(22)23;1-2-3-4/h7,13,15H,5-6,8-12,14H2,1-4H3;3H,2H2,1H3/t15?,21?,22?,23-;/m0./s1. The number of carbonyl (C=O) groups is 2. The van der Waals surface area contributed by atoms with Crippen molar-refractivity contribution in [2.75, 3.05) is 0 Å². The maximum absolute atomic E-state index is 12.3. The molecule has 0 aromatic heterocycles. The Hall–Kier alpha value is -1.84. The van der Waals surface area contributed by atoms with E-state index in [2.05, 4.69) is 38.9 Å². The molecule has 0 saturated heterocycles. The first-order valence-electron chi connectivity index (χ1n) is 11.7. The van der Waals surface area contributed by atoms with Gasteiger partial charge >= 0.3 is 0 Å². The summed E-state index contributed by atoms with van der Waals surface area (Å²) in [5.74, 6) is 0.828. The number of aldehydes is 1. The maximum atomic E-state index is 12.3. The molecule has 0 amide bonds. The Morgan fingerprint density at radius 1 is 1.20 bits per heavy atom. The minimum absolute atomic E-state index is 0.167. The number of carbonyl (C=O) groups excluding carboxylic acids is 2. The average Bonchev–Trinajstić information content (AvgIpc) is 3.04. The van der Waals surface area contributed by atoms with E-state index < -0.39 is 5.54 Å². The van der Waals surface area contributed by atoms with Gasteiger partial charge in [0, 0.05) is 24.7 Å². The number of hydrogen-bond acceptors (Lipinski definition) is 4. The Balaban J connectivity index is 0.000000589. The SMILES string of the molecule is CCC=O.CCC[C@]1(N=O)CC2=C(CCC3(C)C2=CCC3C)C2(C)CCC(=O)C=C21. The monoisotopic (exact) mass is 411 g/mol. The van der Waals surface area contributed by atoms with Crippen LogP contribution in [0.25, 0.3) is 0 Å². The van der Waals surface area contributed by atoms with Crippen LogP contribution in [0.4, 0.5) is 0 Å². The fourth-order valence-corrected chi connectivity index (χ4v) is 6.42. The second-order valence-corrected chi connectivity index (χ2v) is 10.1. The minimum atomic E-state index is -0.733. The van der Waals surface area contributed by atoms with Crippen LogP contribution in [0.2, 0.25) is 0 Å². The molecule has 4 atom stereocenters. The fraction of sp³-hybridized carbons (Fsp3) is 0.692. The third-order valence-electron chi connectivity index (χ3n) is 8.38.